The lowest BCUT2D eigenvalue weighted by molar-refractivity contribution is 0.912. The number of anilines is 3. The van der Waals surface area contributed by atoms with E-state index in [2.05, 4.69) is 48.8 Å². The Labute approximate surface area is 139 Å². The van der Waals surface area contributed by atoms with Crippen molar-refractivity contribution in [3.8, 4) is 0 Å². The smallest absolute Gasteiger partial charge is 0.223 e. The molecule has 0 atom stereocenters. The van der Waals surface area contributed by atoms with Crippen LogP contribution in [-0.2, 0) is 12.8 Å². The summed E-state index contributed by atoms with van der Waals surface area (Å²) in [5.41, 5.74) is 5.44. The monoisotopic (exact) mass is 318 g/mol. The van der Waals surface area contributed by atoms with Crippen LogP contribution in [0.1, 0.15) is 30.4 Å². The van der Waals surface area contributed by atoms with Crippen LogP contribution in [0.15, 0.2) is 30.7 Å². The summed E-state index contributed by atoms with van der Waals surface area (Å²) in [5, 5.41) is 6.73. The van der Waals surface area contributed by atoms with Crippen LogP contribution in [0.2, 0.25) is 0 Å². The third-order valence-corrected chi connectivity index (χ3v) is 4.65. The number of rotatable bonds is 4. The average molecular weight is 318 g/mol. The largest absolute Gasteiger partial charge is 0.351 e. The van der Waals surface area contributed by atoms with Gasteiger partial charge in [-0.05, 0) is 55.4 Å². The number of hydrogen-bond acceptors (Lipinski definition) is 6. The second-order valence-corrected chi connectivity index (χ2v) is 6.53. The number of fused-ring (bicyclic) bond motifs is 2. The summed E-state index contributed by atoms with van der Waals surface area (Å²) in [6.45, 7) is 0. The van der Waals surface area contributed by atoms with E-state index < -0.39 is 0 Å². The van der Waals surface area contributed by atoms with Crippen molar-refractivity contribution in [2.24, 2.45) is 0 Å². The van der Waals surface area contributed by atoms with Crippen molar-refractivity contribution < 1.29 is 0 Å². The number of benzene rings is 1. The Balaban J connectivity index is 1.50. The van der Waals surface area contributed by atoms with Gasteiger partial charge in [-0.1, -0.05) is 6.07 Å². The summed E-state index contributed by atoms with van der Waals surface area (Å²) < 4.78 is 0. The highest BCUT2D eigenvalue weighted by Crippen LogP contribution is 2.28. The summed E-state index contributed by atoms with van der Waals surface area (Å²) in [4.78, 5) is 17.6. The predicted octanol–water partition coefficient (Wildman–Crippen LogP) is 3.23. The first-order valence-corrected chi connectivity index (χ1v) is 8.48. The maximum atomic E-state index is 4.61. The summed E-state index contributed by atoms with van der Waals surface area (Å²) in [5.74, 6) is 1.37. The lowest BCUT2D eigenvalue weighted by Crippen LogP contribution is -2.06. The number of aromatic nitrogens is 4. The van der Waals surface area contributed by atoms with Crippen LogP contribution < -0.4 is 10.6 Å². The van der Waals surface area contributed by atoms with Gasteiger partial charge in [-0.2, -0.15) is 0 Å². The van der Waals surface area contributed by atoms with Gasteiger partial charge < -0.3 is 10.6 Å². The van der Waals surface area contributed by atoms with Gasteiger partial charge in [-0.15, -0.1) is 0 Å². The van der Waals surface area contributed by atoms with Crippen molar-refractivity contribution >= 4 is 28.5 Å². The second kappa shape index (κ2) is 5.40. The number of nitrogens with zero attached hydrogens (tertiary/aromatic N) is 4. The van der Waals surface area contributed by atoms with E-state index in [1.54, 1.807) is 12.5 Å². The summed E-state index contributed by atoms with van der Waals surface area (Å²) in [7, 11) is 0. The van der Waals surface area contributed by atoms with Crippen LogP contribution in [0.5, 0.6) is 0 Å². The van der Waals surface area contributed by atoms with Crippen molar-refractivity contribution in [2.45, 2.75) is 38.1 Å². The van der Waals surface area contributed by atoms with Crippen molar-refractivity contribution in [3.05, 3.63) is 41.9 Å². The van der Waals surface area contributed by atoms with Gasteiger partial charge in [0.15, 0.2) is 5.82 Å². The molecule has 2 aliphatic rings. The van der Waals surface area contributed by atoms with E-state index in [-0.39, 0.29) is 0 Å². The zero-order valence-corrected chi connectivity index (χ0v) is 13.3. The van der Waals surface area contributed by atoms with Gasteiger partial charge in [0.25, 0.3) is 0 Å². The molecule has 1 fully saturated rings. The SMILES string of the molecule is c1nc(Nc2ccc3c(c2)CCC3)c2nc(NC3CC3)ncc2n1. The zero-order valence-electron chi connectivity index (χ0n) is 13.3. The van der Waals surface area contributed by atoms with E-state index in [9.17, 15) is 0 Å². The Morgan fingerprint density at radius 1 is 1.00 bits per heavy atom. The van der Waals surface area contributed by atoms with E-state index >= 15 is 0 Å². The molecule has 6 heteroatoms. The van der Waals surface area contributed by atoms with E-state index in [4.69, 9.17) is 0 Å². The van der Waals surface area contributed by atoms with E-state index in [1.807, 2.05) is 0 Å². The van der Waals surface area contributed by atoms with Gasteiger partial charge in [-0.25, -0.2) is 19.9 Å². The Morgan fingerprint density at radius 3 is 2.83 bits per heavy atom. The normalized spacial score (nSPS) is 16.2. The Bertz CT molecular complexity index is 919. The van der Waals surface area contributed by atoms with Gasteiger partial charge in [0, 0.05) is 11.7 Å². The maximum Gasteiger partial charge on any atom is 0.223 e. The molecular weight excluding hydrogens is 300 g/mol. The Kier molecular flexibility index (Phi) is 3.07. The maximum absolute atomic E-state index is 4.61. The molecule has 2 heterocycles. The van der Waals surface area contributed by atoms with E-state index in [1.165, 1.54) is 36.8 Å². The lowest BCUT2D eigenvalue weighted by atomic mass is 10.1. The molecule has 3 aromatic rings. The highest BCUT2D eigenvalue weighted by Gasteiger charge is 2.22. The second-order valence-electron chi connectivity index (χ2n) is 6.53. The molecule has 1 aromatic carbocycles. The lowest BCUT2D eigenvalue weighted by Gasteiger charge is -2.10. The van der Waals surface area contributed by atoms with E-state index in [0.29, 0.717) is 12.0 Å². The minimum atomic E-state index is 0.514. The van der Waals surface area contributed by atoms with Gasteiger partial charge in [0.2, 0.25) is 5.95 Å². The van der Waals surface area contributed by atoms with Crippen LogP contribution in [0, 0.1) is 0 Å². The first-order valence-electron chi connectivity index (χ1n) is 8.48. The number of aryl methyl sites for hydroxylation is 2. The van der Waals surface area contributed by atoms with Crippen molar-refractivity contribution in [1.82, 2.24) is 19.9 Å². The van der Waals surface area contributed by atoms with Crippen molar-refractivity contribution in [3.63, 3.8) is 0 Å². The van der Waals surface area contributed by atoms with E-state index in [0.717, 1.165) is 29.0 Å². The first-order chi connectivity index (χ1) is 11.8. The van der Waals surface area contributed by atoms with Crippen molar-refractivity contribution in [2.75, 3.05) is 10.6 Å². The standard InChI is InChI=1S/C18H18N6/c1-2-11-4-5-14(8-12(11)3-1)22-17-16-15(20-10-21-17)9-19-18(24-16)23-13-6-7-13/h4-5,8-10,13H,1-3,6-7H2,(H,19,23,24)(H,20,21,22). The number of nitrogens with one attached hydrogen (secondary N) is 2. The van der Waals surface area contributed by atoms with Gasteiger partial charge >= 0.3 is 0 Å². The molecular formula is C18H18N6. The molecule has 5 rings (SSSR count). The molecule has 2 aromatic heterocycles. The minimum absolute atomic E-state index is 0.514. The zero-order chi connectivity index (χ0) is 15.9. The highest BCUT2D eigenvalue weighted by atomic mass is 15.1. The van der Waals surface area contributed by atoms with Gasteiger partial charge in [0.05, 0.1) is 6.20 Å². The quantitative estimate of drug-likeness (QED) is 0.769. The fourth-order valence-electron chi connectivity index (χ4n) is 3.21. The molecule has 2 N–H and O–H groups in total. The van der Waals surface area contributed by atoms with Crippen LogP contribution in [-0.4, -0.2) is 26.0 Å². The third-order valence-electron chi connectivity index (χ3n) is 4.65. The van der Waals surface area contributed by atoms with Crippen LogP contribution in [0.25, 0.3) is 11.0 Å². The van der Waals surface area contributed by atoms with Crippen molar-refractivity contribution in [1.29, 1.82) is 0 Å². The van der Waals surface area contributed by atoms with Crippen LogP contribution >= 0.6 is 0 Å². The van der Waals surface area contributed by atoms with Crippen LogP contribution in [0.3, 0.4) is 0 Å². The molecule has 2 aliphatic carbocycles. The summed E-state index contributed by atoms with van der Waals surface area (Å²) in [6.07, 6.45) is 9.28. The molecule has 120 valence electrons. The Morgan fingerprint density at radius 2 is 1.92 bits per heavy atom. The Hall–Kier alpha value is -2.76. The topological polar surface area (TPSA) is 75.6 Å². The highest BCUT2D eigenvalue weighted by molar-refractivity contribution is 5.87. The third kappa shape index (κ3) is 2.54. The fourth-order valence-corrected chi connectivity index (χ4v) is 3.21. The summed E-state index contributed by atoms with van der Waals surface area (Å²) in [6, 6.07) is 7.06. The molecule has 0 radical (unpaired) electrons. The molecule has 1 saturated carbocycles. The molecule has 0 aliphatic heterocycles. The molecule has 24 heavy (non-hydrogen) atoms. The molecule has 0 saturated heterocycles. The minimum Gasteiger partial charge on any atom is -0.351 e. The molecule has 6 nitrogen and oxygen atoms in total. The first kappa shape index (κ1) is 13.7. The van der Waals surface area contributed by atoms with Crippen LogP contribution in [0.4, 0.5) is 17.5 Å². The molecule has 0 bridgehead atoms. The molecule has 0 unspecified atom stereocenters. The molecule has 0 spiro atoms. The molecule has 0 amide bonds. The summed E-state index contributed by atoms with van der Waals surface area (Å²) >= 11 is 0. The van der Waals surface area contributed by atoms with Gasteiger partial charge in [0.1, 0.15) is 17.4 Å². The average Bonchev–Trinajstić information content (AvgIpc) is 3.29. The fraction of sp³-hybridized carbons (Fsp3) is 0.333. The predicted molar refractivity (Wildman–Crippen MR) is 93.5 cm³/mol. The number of hydrogen-bond donors (Lipinski definition) is 2. The van der Waals surface area contributed by atoms with Gasteiger partial charge in [-0.3, -0.25) is 0 Å².